The number of methoxy groups -OCH3 is 1. The van der Waals surface area contributed by atoms with Crippen LogP contribution in [0.3, 0.4) is 0 Å². The van der Waals surface area contributed by atoms with Crippen LogP contribution in [0, 0.1) is 13.8 Å². The highest BCUT2D eigenvalue weighted by atomic mass is 32.1. The number of nitrogens with one attached hydrogen (secondary N) is 1. The van der Waals surface area contributed by atoms with Crippen molar-refractivity contribution in [3.63, 3.8) is 0 Å². The number of benzene rings is 1. The van der Waals surface area contributed by atoms with Gasteiger partial charge in [-0.25, -0.2) is 0 Å². The van der Waals surface area contributed by atoms with E-state index in [4.69, 9.17) is 17.0 Å². The number of aryl methyl sites for hydroxylation is 1. The molecule has 0 aliphatic carbocycles. The molecule has 34 heavy (non-hydrogen) atoms. The molecule has 1 N–H and O–H groups in total. The maximum Gasteiger partial charge on any atom is 0.174 e. The fourth-order valence-corrected chi connectivity index (χ4v) is 5.10. The van der Waals surface area contributed by atoms with Crippen molar-refractivity contribution in [3.05, 3.63) is 107 Å². The van der Waals surface area contributed by atoms with Crippen LogP contribution in [0.5, 0.6) is 5.75 Å². The molecule has 6 nitrogen and oxygen atoms in total. The Morgan fingerprint density at radius 3 is 2.65 bits per heavy atom. The molecule has 1 saturated heterocycles. The van der Waals surface area contributed by atoms with Gasteiger partial charge in [0.2, 0.25) is 0 Å². The van der Waals surface area contributed by atoms with Gasteiger partial charge in [-0.3, -0.25) is 9.97 Å². The Morgan fingerprint density at radius 2 is 1.91 bits per heavy atom. The van der Waals surface area contributed by atoms with Crippen LogP contribution in [-0.2, 0) is 6.54 Å². The highest BCUT2D eigenvalue weighted by Gasteiger charge is 2.42. The number of anilines is 1. The first kappa shape index (κ1) is 22.1. The number of rotatable bonds is 6. The lowest BCUT2D eigenvalue weighted by Gasteiger charge is -2.28. The Labute approximate surface area is 205 Å². The van der Waals surface area contributed by atoms with Gasteiger partial charge >= 0.3 is 0 Å². The van der Waals surface area contributed by atoms with Gasteiger partial charge in [0.25, 0.3) is 0 Å². The molecule has 0 radical (unpaired) electrons. The molecule has 0 bridgehead atoms. The summed E-state index contributed by atoms with van der Waals surface area (Å²) in [5, 5.41) is 4.22. The summed E-state index contributed by atoms with van der Waals surface area (Å²) in [6, 6.07) is 20.2. The van der Waals surface area contributed by atoms with Gasteiger partial charge in [-0.2, -0.15) is 0 Å². The van der Waals surface area contributed by atoms with Gasteiger partial charge in [0.15, 0.2) is 5.11 Å². The van der Waals surface area contributed by atoms with Crippen LogP contribution in [0.2, 0.25) is 0 Å². The SMILES string of the molecule is COc1cccc(N2C(=S)N[C@@H](c3ccccn3)[C@@H]2c2cc(C)n(Cc3cccnc3)c2C)c1. The number of thiocarbonyl (C=S) groups is 1. The molecule has 7 heteroatoms. The summed E-state index contributed by atoms with van der Waals surface area (Å²) in [6.45, 7) is 5.10. The second kappa shape index (κ2) is 9.27. The molecule has 0 amide bonds. The number of aromatic nitrogens is 3. The van der Waals surface area contributed by atoms with Gasteiger partial charge in [-0.15, -0.1) is 0 Å². The number of hydrogen-bond acceptors (Lipinski definition) is 4. The van der Waals surface area contributed by atoms with E-state index in [2.05, 4.69) is 62.9 Å². The van der Waals surface area contributed by atoms with Crippen molar-refractivity contribution in [2.45, 2.75) is 32.5 Å². The van der Waals surface area contributed by atoms with Crippen molar-refractivity contribution in [1.82, 2.24) is 19.9 Å². The number of ether oxygens (including phenoxy) is 1. The second-order valence-electron chi connectivity index (χ2n) is 8.47. The summed E-state index contributed by atoms with van der Waals surface area (Å²) in [4.78, 5) is 11.1. The summed E-state index contributed by atoms with van der Waals surface area (Å²) in [5.41, 5.74) is 6.72. The summed E-state index contributed by atoms with van der Waals surface area (Å²) >= 11 is 5.88. The van der Waals surface area contributed by atoms with Gasteiger partial charge in [0, 0.05) is 48.3 Å². The molecule has 1 aliphatic rings. The lowest BCUT2D eigenvalue weighted by atomic mass is 9.96. The van der Waals surface area contributed by atoms with Crippen molar-refractivity contribution < 1.29 is 4.74 Å². The third-order valence-corrected chi connectivity index (χ3v) is 6.74. The van der Waals surface area contributed by atoms with Crippen molar-refractivity contribution >= 4 is 23.0 Å². The number of nitrogens with zero attached hydrogens (tertiary/aromatic N) is 4. The van der Waals surface area contributed by atoms with Crippen LogP contribution in [0.25, 0.3) is 0 Å². The highest BCUT2D eigenvalue weighted by molar-refractivity contribution is 7.80. The normalized spacial score (nSPS) is 17.6. The van der Waals surface area contributed by atoms with Crippen LogP contribution in [0.15, 0.2) is 79.3 Å². The Morgan fingerprint density at radius 1 is 1.03 bits per heavy atom. The van der Waals surface area contributed by atoms with Crippen LogP contribution in [0.4, 0.5) is 5.69 Å². The van der Waals surface area contributed by atoms with Crippen LogP contribution in [-0.4, -0.2) is 26.8 Å². The van der Waals surface area contributed by atoms with E-state index in [1.165, 1.54) is 22.5 Å². The quantitative estimate of drug-likeness (QED) is 0.395. The molecule has 2 atom stereocenters. The van der Waals surface area contributed by atoms with E-state index < -0.39 is 0 Å². The van der Waals surface area contributed by atoms with E-state index >= 15 is 0 Å². The van der Waals surface area contributed by atoms with E-state index in [1.807, 2.05) is 48.8 Å². The highest BCUT2D eigenvalue weighted by Crippen LogP contribution is 2.43. The summed E-state index contributed by atoms with van der Waals surface area (Å²) < 4.78 is 7.84. The molecule has 0 spiro atoms. The second-order valence-corrected chi connectivity index (χ2v) is 8.86. The van der Waals surface area contributed by atoms with Gasteiger partial charge in [0.1, 0.15) is 5.75 Å². The van der Waals surface area contributed by atoms with E-state index in [0.717, 1.165) is 23.7 Å². The molecule has 1 aliphatic heterocycles. The van der Waals surface area contributed by atoms with Crippen molar-refractivity contribution in [2.75, 3.05) is 12.0 Å². The number of hydrogen-bond donors (Lipinski definition) is 1. The summed E-state index contributed by atoms with van der Waals surface area (Å²) in [6.07, 6.45) is 5.56. The average Bonchev–Trinajstić information content (AvgIpc) is 3.36. The predicted octanol–water partition coefficient (Wildman–Crippen LogP) is 5.13. The molecule has 4 aromatic rings. The molecule has 172 valence electrons. The smallest absolute Gasteiger partial charge is 0.174 e. The molecule has 5 rings (SSSR count). The minimum Gasteiger partial charge on any atom is -0.497 e. The van der Waals surface area contributed by atoms with Gasteiger partial charge in [-0.1, -0.05) is 18.2 Å². The molecular weight excluding hydrogens is 442 g/mol. The maximum atomic E-state index is 5.88. The first-order valence-corrected chi connectivity index (χ1v) is 11.7. The lowest BCUT2D eigenvalue weighted by Crippen LogP contribution is -2.29. The summed E-state index contributed by atoms with van der Waals surface area (Å²) in [7, 11) is 1.68. The Bertz CT molecular complexity index is 1310. The van der Waals surface area contributed by atoms with Gasteiger partial charge < -0.3 is 19.5 Å². The molecular formula is C27H27N5OS. The first-order chi connectivity index (χ1) is 16.6. The topological polar surface area (TPSA) is 55.2 Å². The third-order valence-electron chi connectivity index (χ3n) is 6.42. The largest absolute Gasteiger partial charge is 0.497 e. The van der Waals surface area contributed by atoms with Gasteiger partial charge in [0.05, 0.1) is 24.9 Å². The van der Waals surface area contributed by atoms with Gasteiger partial charge in [-0.05, 0) is 73.6 Å². The molecule has 1 aromatic carbocycles. The van der Waals surface area contributed by atoms with Crippen LogP contribution < -0.4 is 15.0 Å². The molecule has 0 unspecified atom stereocenters. The Kier molecular flexibility index (Phi) is 6.02. The molecule has 4 heterocycles. The van der Waals surface area contributed by atoms with E-state index in [1.54, 1.807) is 13.3 Å². The zero-order valence-corrected chi connectivity index (χ0v) is 20.3. The monoisotopic (exact) mass is 469 g/mol. The van der Waals surface area contributed by atoms with Crippen molar-refractivity contribution in [2.24, 2.45) is 0 Å². The average molecular weight is 470 g/mol. The third kappa shape index (κ3) is 4.03. The number of pyridine rings is 2. The van der Waals surface area contributed by atoms with Crippen LogP contribution >= 0.6 is 12.2 Å². The predicted molar refractivity (Wildman–Crippen MR) is 138 cm³/mol. The summed E-state index contributed by atoms with van der Waals surface area (Å²) in [5.74, 6) is 0.794. The van der Waals surface area contributed by atoms with E-state index in [9.17, 15) is 0 Å². The van der Waals surface area contributed by atoms with E-state index in [0.29, 0.717) is 5.11 Å². The standard InChI is InChI=1S/C27H27N5OS/c1-18-14-23(19(2)31(18)17-20-8-7-12-28-16-20)26-25(24-11-4-5-13-29-24)30-27(34)32(26)21-9-6-10-22(15-21)33-3/h4-16,25-26H,17H2,1-3H3,(H,30,34)/t25-,26-/m0/s1. The Hall–Kier alpha value is -3.71. The Balaban J connectivity index is 1.62. The van der Waals surface area contributed by atoms with E-state index in [-0.39, 0.29) is 12.1 Å². The fraction of sp³-hybridized carbons (Fsp3) is 0.222. The van der Waals surface area contributed by atoms with Crippen molar-refractivity contribution in [1.29, 1.82) is 0 Å². The minimum absolute atomic E-state index is 0.0663. The molecule has 0 saturated carbocycles. The van der Waals surface area contributed by atoms with Crippen LogP contribution in [0.1, 0.15) is 40.3 Å². The molecule has 3 aromatic heterocycles. The molecule has 1 fully saturated rings. The fourth-order valence-electron chi connectivity index (χ4n) is 4.75. The zero-order chi connectivity index (χ0) is 23.7. The lowest BCUT2D eigenvalue weighted by molar-refractivity contribution is 0.415. The zero-order valence-electron chi connectivity index (χ0n) is 19.5. The maximum absolute atomic E-state index is 5.88. The van der Waals surface area contributed by atoms with Crippen molar-refractivity contribution in [3.8, 4) is 5.75 Å². The minimum atomic E-state index is -0.0905. The first-order valence-electron chi connectivity index (χ1n) is 11.3.